The third-order valence-corrected chi connectivity index (χ3v) is 5.31. The van der Waals surface area contributed by atoms with E-state index < -0.39 is 5.54 Å². The first-order valence-electron chi connectivity index (χ1n) is 9.49. The molecular formula is C22H27NO7. The number of rotatable bonds is 11. The first-order chi connectivity index (χ1) is 14.4. The molecule has 0 saturated carbocycles. The predicted octanol–water partition coefficient (Wildman–Crippen LogP) is 4.27. The largest absolute Gasteiger partial charge is 0.497 e. The van der Waals surface area contributed by atoms with Crippen LogP contribution in [0.3, 0.4) is 0 Å². The molecule has 162 valence electrons. The summed E-state index contributed by atoms with van der Waals surface area (Å²) in [6.45, 7) is 1.75. The predicted molar refractivity (Wildman–Crippen MR) is 112 cm³/mol. The van der Waals surface area contributed by atoms with E-state index in [1.165, 1.54) is 28.4 Å². The molecule has 2 rings (SSSR count). The number of hydrogen-bond donors (Lipinski definition) is 0. The number of benzene rings is 2. The maximum absolute atomic E-state index is 12.9. The zero-order valence-corrected chi connectivity index (χ0v) is 17.9. The maximum atomic E-state index is 12.9. The van der Waals surface area contributed by atoms with Gasteiger partial charge in [0.2, 0.25) is 11.3 Å². The van der Waals surface area contributed by atoms with Crippen molar-refractivity contribution in [2.45, 2.75) is 31.7 Å². The molecule has 0 N–H and O–H groups in total. The number of nitrogens with zero attached hydrogens (tertiary/aromatic N) is 1. The van der Waals surface area contributed by atoms with Crippen LogP contribution in [0.2, 0.25) is 0 Å². The molecule has 0 amide bonds. The molecule has 2 aromatic carbocycles. The number of ether oxygens (including phenoxy) is 4. The SMILES string of the molecule is CCC(CCC(=O)c1cc(OC)c(OC)c(OC)c1)(c1ccc(OC)cc1)[N+](=O)[O-]. The molecular weight excluding hydrogens is 390 g/mol. The monoisotopic (exact) mass is 417 g/mol. The van der Waals surface area contributed by atoms with Gasteiger partial charge < -0.3 is 18.9 Å². The Morgan fingerprint density at radius 1 is 0.967 bits per heavy atom. The van der Waals surface area contributed by atoms with E-state index in [9.17, 15) is 14.9 Å². The molecule has 1 atom stereocenters. The summed E-state index contributed by atoms with van der Waals surface area (Å²) in [6, 6.07) is 9.83. The second-order valence-corrected chi connectivity index (χ2v) is 6.71. The number of methoxy groups -OCH3 is 4. The van der Waals surface area contributed by atoms with E-state index in [2.05, 4.69) is 0 Å². The van der Waals surface area contributed by atoms with Crippen LogP contribution in [-0.4, -0.2) is 39.1 Å². The van der Waals surface area contributed by atoms with Crippen LogP contribution in [-0.2, 0) is 5.54 Å². The van der Waals surface area contributed by atoms with Gasteiger partial charge in [0, 0.05) is 35.3 Å². The molecule has 0 aliphatic carbocycles. The fourth-order valence-corrected chi connectivity index (χ4v) is 3.46. The zero-order chi connectivity index (χ0) is 22.3. The van der Waals surface area contributed by atoms with Crippen molar-refractivity contribution >= 4 is 5.78 Å². The van der Waals surface area contributed by atoms with Crippen molar-refractivity contribution in [2.75, 3.05) is 28.4 Å². The number of carbonyl (C=O) groups excluding carboxylic acids is 1. The van der Waals surface area contributed by atoms with E-state index in [4.69, 9.17) is 18.9 Å². The molecule has 0 aliphatic rings. The number of nitro groups is 1. The molecule has 0 radical (unpaired) electrons. The van der Waals surface area contributed by atoms with E-state index in [1.54, 1.807) is 43.3 Å². The Hall–Kier alpha value is -3.29. The van der Waals surface area contributed by atoms with Crippen LogP contribution < -0.4 is 18.9 Å². The van der Waals surface area contributed by atoms with Crippen LogP contribution in [0, 0.1) is 10.1 Å². The lowest BCUT2D eigenvalue weighted by atomic mass is 9.82. The van der Waals surface area contributed by atoms with Crippen LogP contribution in [0.5, 0.6) is 23.0 Å². The Labute approximate surface area is 175 Å². The number of carbonyl (C=O) groups is 1. The van der Waals surface area contributed by atoms with Gasteiger partial charge in [0.1, 0.15) is 5.75 Å². The van der Waals surface area contributed by atoms with Gasteiger partial charge in [0.15, 0.2) is 17.3 Å². The Balaban J connectivity index is 2.33. The lowest BCUT2D eigenvalue weighted by Gasteiger charge is -2.24. The smallest absolute Gasteiger partial charge is 0.247 e. The second kappa shape index (κ2) is 9.96. The van der Waals surface area contributed by atoms with Crippen molar-refractivity contribution in [1.29, 1.82) is 0 Å². The van der Waals surface area contributed by atoms with E-state index >= 15 is 0 Å². The quantitative estimate of drug-likeness (QED) is 0.306. The van der Waals surface area contributed by atoms with Gasteiger partial charge in [-0.1, -0.05) is 6.92 Å². The molecule has 0 bridgehead atoms. The zero-order valence-electron chi connectivity index (χ0n) is 17.9. The molecule has 0 aliphatic heterocycles. The summed E-state index contributed by atoms with van der Waals surface area (Å²) in [6.07, 6.45) is 0.284. The van der Waals surface area contributed by atoms with E-state index in [1.807, 2.05) is 0 Å². The summed E-state index contributed by atoms with van der Waals surface area (Å²) < 4.78 is 21.0. The van der Waals surface area contributed by atoms with Gasteiger partial charge in [-0.3, -0.25) is 14.9 Å². The summed E-state index contributed by atoms with van der Waals surface area (Å²) in [5.41, 5.74) is -0.496. The number of hydrogen-bond acceptors (Lipinski definition) is 7. The Kier molecular flexibility index (Phi) is 7.63. The molecule has 0 heterocycles. The first kappa shape index (κ1) is 23.0. The van der Waals surface area contributed by atoms with E-state index in [0.29, 0.717) is 34.1 Å². The molecule has 2 aromatic rings. The summed E-state index contributed by atoms with van der Waals surface area (Å²) in [5.74, 6) is 1.45. The first-order valence-corrected chi connectivity index (χ1v) is 9.49. The van der Waals surface area contributed by atoms with Crippen molar-refractivity contribution in [2.24, 2.45) is 0 Å². The van der Waals surface area contributed by atoms with Crippen LogP contribution in [0.1, 0.15) is 42.1 Å². The molecule has 8 nitrogen and oxygen atoms in total. The second-order valence-electron chi connectivity index (χ2n) is 6.71. The van der Waals surface area contributed by atoms with Crippen molar-refractivity contribution in [3.63, 3.8) is 0 Å². The highest BCUT2D eigenvalue weighted by molar-refractivity contribution is 5.97. The third kappa shape index (κ3) is 4.48. The van der Waals surface area contributed by atoms with Crippen LogP contribution in [0.4, 0.5) is 0 Å². The Morgan fingerprint density at radius 3 is 1.93 bits per heavy atom. The third-order valence-electron chi connectivity index (χ3n) is 5.31. The number of Topliss-reactive ketones (excluding diaryl/α,β-unsaturated/α-hetero) is 1. The minimum atomic E-state index is -1.37. The van der Waals surface area contributed by atoms with Crippen LogP contribution >= 0.6 is 0 Å². The molecule has 1 unspecified atom stereocenters. The van der Waals surface area contributed by atoms with Gasteiger partial charge >= 0.3 is 0 Å². The summed E-state index contributed by atoms with van der Waals surface area (Å²) in [7, 11) is 5.93. The minimum absolute atomic E-state index is 0.0144. The lowest BCUT2D eigenvalue weighted by Crippen LogP contribution is -2.35. The minimum Gasteiger partial charge on any atom is -0.497 e. The van der Waals surface area contributed by atoms with Gasteiger partial charge in [0.25, 0.3) is 0 Å². The molecule has 0 aromatic heterocycles. The Morgan fingerprint density at radius 2 is 1.53 bits per heavy atom. The fraction of sp³-hybridized carbons (Fsp3) is 0.409. The summed E-state index contributed by atoms with van der Waals surface area (Å²) >= 11 is 0. The topological polar surface area (TPSA) is 97.1 Å². The maximum Gasteiger partial charge on any atom is 0.247 e. The van der Waals surface area contributed by atoms with E-state index in [0.717, 1.165) is 0 Å². The summed E-state index contributed by atoms with van der Waals surface area (Å²) in [4.78, 5) is 24.6. The van der Waals surface area contributed by atoms with Gasteiger partial charge in [-0.2, -0.15) is 0 Å². The lowest BCUT2D eigenvalue weighted by molar-refractivity contribution is -0.581. The number of ketones is 1. The average molecular weight is 417 g/mol. The van der Waals surface area contributed by atoms with Crippen molar-refractivity contribution in [1.82, 2.24) is 0 Å². The standard InChI is InChI=1S/C22H27NO7/c1-6-22(23(25)26,16-7-9-17(27-2)10-8-16)12-11-18(24)15-13-19(28-3)21(30-5)20(14-15)29-4/h7-10,13-14H,6,11-12H2,1-5H3. The molecule has 0 fully saturated rings. The van der Waals surface area contributed by atoms with E-state index in [-0.39, 0.29) is 30.0 Å². The van der Waals surface area contributed by atoms with Gasteiger partial charge in [-0.15, -0.1) is 0 Å². The summed E-state index contributed by atoms with van der Waals surface area (Å²) in [5, 5.41) is 12.0. The van der Waals surface area contributed by atoms with Crippen molar-refractivity contribution in [3.8, 4) is 23.0 Å². The highest BCUT2D eigenvalue weighted by Gasteiger charge is 2.43. The fourth-order valence-electron chi connectivity index (χ4n) is 3.46. The van der Waals surface area contributed by atoms with Crippen LogP contribution in [0.25, 0.3) is 0 Å². The normalized spacial score (nSPS) is 12.6. The highest BCUT2D eigenvalue weighted by Crippen LogP contribution is 2.39. The molecule has 8 heteroatoms. The van der Waals surface area contributed by atoms with Gasteiger partial charge in [-0.05, 0) is 36.4 Å². The molecule has 0 saturated heterocycles. The van der Waals surface area contributed by atoms with Crippen LogP contribution in [0.15, 0.2) is 36.4 Å². The van der Waals surface area contributed by atoms with Crippen molar-refractivity contribution in [3.05, 3.63) is 57.6 Å². The highest BCUT2D eigenvalue weighted by atomic mass is 16.6. The Bertz CT molecular complexity index is 870. The van der Waals surface area contributed by atoms with Crippen molar-refractivity contribution < 1.29 is 28.7 Å². The van der Waals surface area contributed by atoms with Gasteiger partial charge in [0.05, 0.1) is 28.4 Å². The molecule has 30 heavy (non-hydrogen) atoms. The average Bonchev–Trinajstić information content (AvgIpc) is 2.78. The molecule has 0 spiro atoms. The van der Waals surface area contributed by atoms with Gasteiger partial charge in [-0.25, -0.2) is 0 Å².